The van der Waals surface area contributed by atoms with Gasteiger partial charge in [-0.25, -0.2) is 0 Å². The summed E-state index contributed by atoms with van der Waals surface area (Å²) in [4.78, 5) is 20.8. The van der Waals surface area contributed by atoms with Crippen molar-refractivity contribution in [3.8, 4) is 0 Å². The van der Waals surface area contributed by atoms with Gasteiger partial charge in [0.15, 0.2) is 0 Å². The van der Waals surface area contributed by atoms with Gasteiger partial charge in [0, 0.05) is 13.0 Å². The van der Waals surface area contributed by atoms with E-state index in [1.165, 1.54) is 5.57 Å². The van der Waals surface area contributed by atoms with Gasteiger partial charge in [0.05, 0.1) is 6.04 Å². The highest BCUT2D eigenvalue weighted by molar-refractivity contribution is 5.68. The van der Waals surface area contributed by atoms with Crippen LogP contribution in [-0.4, -0.2) is 29.9 Å². The number of aliphatic carboxylic acids is 1. The Morgan fingerprint density at radius 2 is 2.14 bits per heavy atom. The summed E-state index contributed by atoms with van der Waals surface area (Å²) in [5, 5.41) is 11.4. The van der Waals surface area contributed by atoms with E-state index in [0.717, 1.165) is 6.29 Å². The number of rotatable bonds is 7. The fraction of sp³-hybridized carbons (Fsp3) is 0.600. The summed E-state index contributed by atoms with van der Waals surface area (Å²) in [6.45, 7) is 4.54. The molecule has 0 fully saturated rings. The van der Waals surface area contributed by atoms with Gasteiger partial charge >= 0.3 is 5.97 Å². The first-order valence-electron chi connectivity index (χ1n) is 4.60. The maximum absolute atomic E-state index is 10.5. The number of carboxylic acid groups (broad SMARTS) is 1. The molecule has 0 aliphatic heterocycles. The molecule has 0 saturated heterocycles. The van der Waals surface area contributed by atoms with Crippen molar-refractivity contribution in [1.29, 1.82) is 0 Å². The van der Waals surface area contributed by atoms with Crippen molar-refractivity contribution in [3.63, 3.8) is 0 Å². The van der Waals surface area contributed by atoms with Gasteiger partial charge in [-0.2, -0.15) is 0 Å². The molecule has 2 N–H and O–H groups in total. The van der Waals surface area contributed by atoms with Crippen LogP contribution in [0.15, 0.2) is 11.6 Å². The average Bonchev–Trinajstić information content (AvgIpc) is 2.10. The normalized spacial score (nSPS) is 11.9. The minimum atomic E-state index is -0.874. The lowest BCUT2D eigenvalue weighted by Crippen LogP contribution is -2.31. The highest BCUT2D eigenvalue weighted by Gasteiger charge is 2.07. The van der Waals surface area contributed by atoms with Crippen molar-refractivity contribution in [1.82, 2.24) is 5.32 Å². The Kier molecular flexibility index (Phi) is 6.66. The van der Waals surface area contributed by atoms with E-state index in [4.69, 9.17) is 5.11 Å². The fourth-order valence-corrected chi connectivity index (χ4v) is 0.912. The van der Waals surface area contributed by atoms with Gasteiger partial charge in [-0.05, 0) is 20.3 Å². The first-order valence-corrected chi connectivity index (χ1v) is 4.60. The van der Waals surface area contributed by atoms with Crippen molar-refractivity contribution in [3.05, 3.63) is 11.6 Å². The summed E-state index contributed by atoms with van der Waals surface area (Å²) in [5.41, 5.74) is 1.17. The van der Waals surface area contributed by atoms with Crippen molar-refractivity contribution >= 4 is 12.3 Å². The molecule has 0 spiro atoms. The molecule has 0 amide bonds. The first kappa shape index (κ1) is 12.8. The van der Waals surface area contributed by atoms with Crippen LogP contribution in [0.5, 0.6) is 0 Å². The van der Waals surface area contributed by atoms with Gasteiger partial charge in [0.25, 0.3) is 0 Å². The first-order chi connectivity index (χ1) is 6.56. The summed E-state index contributed by atoms with van der Waals surface area (Å²) in [5.74, 6) is -0.874. The van der Waals surface area contributed by atoms with Crippen molar-refractivity contribution < 1.29 is 14.7 Å². The molecule has 0 aromatic carbocycles. The van der Waals surface area contributed by atoms with E-state index in [1.54, 1.807) is 0 Å². The van der Waals surface area contributed by atoms with Gasteiger partial charge in [-0.1, -0.05) is 11.6 Å². The molecule has 0 bridgehead atoms. The van der Waals surface area contributed by atoms with E-state index in [9.17, 15) is 9.59 Å². The molecule has 14 heavy (non-hydrogen) atoms. The minimum Gasteiger partial charge on any atom is -0.481 e. The van der Waals surface area contributed by atoms with E-state index in [-0.39, 0.29) is 12.5 Å². The summed E-state index contributed by atoms with van der Waals surface area (Å²) in [6, 6.07) is -0.360. The second kappa shape index (κ2) is 7.26. The van der Waals surface area contributed by atoms with Crippen molar-refractivity contribution in [2.24, 2.45) is 0 Å². The van der Waals surface area contributed by atoms with Crippen LogP contribution in [0.3, 0.4) is 0 Å². The zero-order chi connectivity index (χ0) is 11.0. The molecular weight excluding hydrogens is 182 g/mol. The highest BCUT2D eigenvalue weighted by Crippen LogP contribution is 1.95. The van der Waals surface area contributed by atoms with Crippen LogP contribution in [-0.2, 0) is 9.59 Å². The molecule has 4 nitrogen and oxygen atoms in total. The maximum Gasteiger partial charge on any atom is 0.303 e. The number of carbonyl (C=O) groups is 2. The largest absolute Gasteiger partial charge is 0.481 e. The van der Waals surface area contributed by atoms with Crippen LogP contribution in [0.2, 0.25) is 0 Å². The summed E-state index contributed by atoms with van der Waals surface area (Å²) in [7, 11) is 0. The molecule has 4 heteroatoms. The molecule has 0 radical (unpaired) electrons. The molecule has 1 atom stereocenters. The van der Waals surface area contributed by atoms with Crippen LogP contribution in [0.1, 0.15) is 26.7 Å². The Morgan fingerprint density at radius 3 is 2.57 bits per heavy atom. The number of carboxylic acids is 1. The van der Waals surface area contributed by atoms with Gasteiger partial charge in [-0.3, -0.25) is 4.79 Å². The van der Waals surface area contributed by atoms with E-state index in [2.05, 4.69) is 5.32 Å². The molecule has 0 rings (SSSR count). The molecule has 1 unspecified atom stereocenters. The molecule has 0 saturated carbocycles. The molecule has 0 aromatic heterocycles. The summed E-state index contributed by atoms with van der Waals surface area (Å²) >= 11 is 0. The zero-order valence-electron chi connectivity index (χ0n) is 8.62. The minimum absolute atomic E-state index is 0.0191. The Hall–Kier alpha value is -1.16. The number of carbonyl (C=O) groups excluding carboxylic acids is 1. The topological polar surface area (TPSA) is 66.4 Å². The Balaban J connectivity index is 3.74. The predicted octanol–water partition coefficient (Wildman–Crippen LogP) is 0.974. The number of hydrogen-bond donors (Lipinski definition) is 2. The molecule has 0 aliphatic rings. The van der Waals surface area contributed by atoms with Gasteiger partial charge < -0.3 is 15.2 Å². The third-order valence-electron chi connectivity index (χ3n) is 1.72. The third-order valence-corrected chi connectivity index (χ3v) is 1.72. The smallest absolute Gasteiger partial charge is 0.303 e. The standard InChI is InChI=1S/C10H17NO3/c1-8(2)5-6-11-9(7-12)3-4-10(13)14/h5,7,9,11H,3-4,6H2,1-2H3,(H,13,14). The highest BCUT2D eigenvalue weighted by atomic mass is 16.4. The monoisotopic (exact) mass is 199 g/mol. The average molecular weight is 199 g/mol. The van der Waals surface area contributed by atoms with Gasteiger partial charge in [-0.15, -0.1) is 0 Å². The number of allylic oxidation sites excluding steroid dienone is 1. The lowest BCUT2D eigenvalue weighted by atomic mass is 10.2. The van der Waals surface area contributed by atoms with Crippen LogP contribution in [0, 0.1) is 0 Å². The van der Waals surface area contributed by atoms with Crippen molar-refractivity contribution in [2.45, 2.75) is 32.7 Å². The van der Waals surface area contributed by atoms with E-state index >= 15 is 0 Å². The van der Waals surface area contributed by atoms with E-state index in [1.807, 2.05) is 19.9 Å². The maximum atomic E-state index is 10.5. The van der Waals surface area contributed by atoms with Crippen LogP contribution < -0.4 is 5.32 Å². The zero-order valence-corrected chi connectivity index (χ0v) is 8.62. The predicted molar refractivity (Wildman–Crippen MR) is 54.2 cm³/mol. The summed E-state index contributed by atoms with van der Waals surface area (Å²) < 4.78 is 0. The fourth-order valence-electron chi connectivity index (χ4n) is 0.912. The lowest BCUT2D eigenvalue weighted by molar-refractivity contribution is -0.137. The molecule has 0 aliphatic carbocycles. The molecule has 0 heterocycles. The summed E-state index contributed by atoms with van der Waals surface area (Å²) in [6.07, 6.45) is 3.07. The van der Waals surface area contributed by atoms with E-state index in [0.29, 0.717) is 13.0 Å². The quantitative estimate of drug-likeness (QED) is 0.473. The number of aldehydes is 1. The number of nitrogens with one attached hydrogen (secondary N) is 1. The second-order valence-electron chi connectivity index (χ2n) is 3.36. The van der Waals surface area contributed by atoms with Gasteiger partial charge in [0.2, 0.25) is 0 Å². The van der Waals surface area contributed by atoms with Crippen LogP contribution in [0.4, 0.5) is 0 Å². The molecule has 0 aromatic rings. The van der Waals surface area contributed by atoms with E-state index < -0.39 is 5.97 Å². The lowest BCUT2D eigenvalue weighted by Gasteiger charge is -2.09. The molecular formula is C10H17NO3. The Morgan fingerprint density at radius 1 is 1.50 bits per heavy atom. The number of hydrogen-bond acceptors (Lipinski definition) is 3. The van der Waals surface area contributed by atoms with Gasteiger partial charge in [0.1, 0.15) is 6.29 Å². The second-order valence-corrected chi connectivity index (χ2v) is 3.36. The molecule has 80 valence electrons. The van der Waals surface area contributed by atoms with Crippen LogP contribution >= 0.6 is 0 Å². The van der Waals surface area contributed by atoms with Crippen molar-refractivity contribution in [2.75, 3.05) is 6.54 Å². The third kappa shape index (κ3) is 7.49. The van der Waals surface area contributed by atoms with Crippen LogP contribution in [0.25, 0.3) is 0 Å². The SMILES string of the molecule is CC(C)=CCNC(C=O)CCC(=O)O. The Labute approximate surface area is 84.0 Å². The Bertz CT molecular complexity index is 219.